The Bertz CT molecular complexity index is 389. The van der Waals surface area contributed by atoms with Crippen LogP contribution >= 0.6 is 12.6 Å². The first-order valence-electron chi connectivity index (χ1n) is 3.83. The maximum atomic E-state index is 8.28. The Labute approximate surface area is 116 Å². The van der Waals surface area contributed by atoms with E-state index < -0.39 is 0 Å². The first-order chi connectivity index (χ1) is 6.77. The van der Waals surface area contributed by atoms with E-state index in [1.54, 1.807) is 19.4 Å². The summed E-state index contributed by atoms with van der Waals surface area (Å²) in [4.78, 5) is 3.42. The van der Waals surface area contributed by atoms with Gasteiger partial charge >= 0.3 is 29.6 Å². The summed E-state index contributed by atoms with van der Waals surface area (Å²) >= 11 is 3.97. The summed E-state index contributed by atoms with van der Waals surface area (Å²) in [7, 11) is 1.57. The molecular weight excluding hydrogens is 221 g/mol. The third kappa shape index (κ3) is 4.58. The van der Waals surface area contributed by atoms with Gasteiger partial charge in [-0.1, -0.05) is 12.1 Å². The number of rotatable bonds is 2. The van der Waals surface area contributed by atoms with Gasteiger partial charge in [0, 0.05) is 0 Å². The van der Waals surface area contributed by atoms with E-state index in [0.29, 0.717) is 5.75 Å². The number of amidine groups is 1. The fourth-order valence-electron chi connectivity index (χ4n) is 0.944. The number of hydrogen-bond donors (Lipinski definition) is 2. The maximum absolute atomic E-state index is 8.28. The van der Waals surface area contributed by atoms with Crippen LogP contribution in [-0.2, 0) is 0 Å². The monoisotopic (exact) mass is 231 g/mol. The quantitative estimate of drug-likeness (QED) is 0.264. The van der Waals surface area contributed by atoms with Gasteiger partial charge in [0.15, 0.2) is 5.17 Å². The van der Waals surface area contributed by atoms with Gasteiger partial charge in [-0.05, 0) is 12.1 Å². The average Bonchev–Trinajstić information content (AvgIpc) is 2.19. The number of anilines is 1. The molecule has 1 aromatic rings. The molecule has 0 unspecified atom stereocenters. The summed E-state index contributed by atoms with van der Waals surface area (Å²) in [5.41, 5.74) is 0.721. The summed E-state index contributed by atoms with van der Waals surface area (Å²) < 4.78 is 5.09. The number of hydrogen-bond acceptors (Lipinski definition) is 3. The molecule has 0 aliphatic carbocycles. The molecule has 74 valence electrons. The van der Waals surface area contributed by atoms with Crippen molar-refractivity contribution in [3.8, 4) is 11.9 Å². The molecule has 0 heterocycles. The van der Waals surface area contributed by atoms with Crippen molar-refractivity contribution in [1.29, 1.82) is 5.26 Å². The molecule has 0 fully saturated rings. The molecule has 0 bridgehead atoms. The molecule has 0 spiro atoms. The Morgan fingerprint density at radius 3 is 2.80 bits per heavy atom. The average molecular weight is 231 g/mol. The van der Waals surface area contributed by atoms with E-state index in [2.05, 4.69) is 22.9 Å². The van der Waals surface area contributed by atoms with Gasteiger partial charge < -0.3 is 10.1 Å². The second-order valence-corrected chi connectivity index (χ2v) is 2.78. The van der Waals surface area contributed by atoms with Crippen molar-refractivity contribution in [3.63, 3.8) is 0 Å². The first-order valence-corrected chi connectivity index (χ1v) is 4.28. The Morgan fingerprint density at radius 1 is 1.53 bits per heavy atom. The van der Waals surface area contributed by atoms with Gasteiger partial charge in [-0.2, -0.15) is 5.26 Å². The van der Waals surface area contributed by atoms with Crippen LogP contribution in [-0.4, -0.2) is 41.8 Å². The third-order valence-corrected chi connectivity index (χ3v) is 1.72. The van der Waals surface area contributed by atoms with Crippen LogP contribution in [0, 0.1) is 11.5 Å². The zero-order valence-electron chi connectivity index (χ0n) is 7.56. The van der Waals surface area contributed by atoms with Crippen LogP contribution in [0.1, 0.15) is 0 Å². The van der Waals surface area contributed by atoms with E-state index in [0.717, 1.165) is 5.69 Å². The minimum atomic E-state index is 0. The molecule has 0 radical (unpaired) electrons. The van der Waals surface area contributed by atoms with Gasteiger partial charge in [0.2, 0.25) is 6.19 Å². The van der Waals surface area contributed by atoms with Crippen LogP contribution in [0.15, 0.2) is 29.3 Å². The van der Waals surface area contributed by atoms with E-state index in [1.165, 1.54) is 0 Å². The van der Waals surface area contributed by atoms with Crippen LogP contribution in [0.4, 0.5) is 5.69 Å². The Balaban J connectivity index is 0.00000196. The minimum absolute atomic E-state index is 0. The molecule has 0 aliphatic heterocycles. The first kappa shape index (κ1) is 14.3. The van der Waals surface area contributed by atoms with Crippen molar-refractivity contribution < 1.29 is 4.74 Å². The number of benzene rings is 1. The molecule has 4 nitrogen and oxygen atoms in total. The summed E-state index contributed by atoms with van der Waals surface area (Å²) in [6, 6.07) is 7.31. The predicted octanol–water partition coefficient (Wildman–Crippen LogP) is 1.23. The van der Waals surface area contributed by atoms with Gasteiger partial charge in [-0.25, -0.2) is 0 Å². The molecule has 0 saturated carbocycles. The molecular formula is C9H10N3NaOS. The molecule has 6 heteroatoms. The summed E-state index contributed by atoms with van der Waals surface area (Å²) in [6.07, 6.45) is 1.63. The number of para-hydroxylation sites is 2. The molecule has 0 amide bonds. The normalized spacial score (nSPS) is 9.80. The van der Waals surface area contributed by atoms with Crippen LogP contribution < -0.4 is 10.1 Å². The van der Waals surface area contributed by atoms with Crippen molar-refractivity contribution in [3.05, 3.63) is 24.3 Å². The molecule has 0 aromatic heterocycles. The number of thiol groups is 1. The van der Waals surface area contributed by atoms with Gasteiger partial charge in [0.25, 0.3) is 0 Å². The van der Waals surface area contributed by atoms with Crippen LogP contribution in [0.2, 0.25) is 0 Å². The Kier molecular flexibility index (Phi) is 7.26. The SMILES string of the molecule is COc1ccccc1NC(S)=NC#N.[NaH]. The number of nitrogens with zero attached hydrogens (tertiary/aromatic N) is 2. The standard InChI is InChI=1S/C9H9N3OS.Na.H/c1-13-8-5-3-2-4-7(8)12-9(14)11-6-10;;/h2-5H,1H3,(H2,11,12,14);;. The zero-order chi connectivity index (χ0) is 10.4. The van der Waals surface area contributed by atoms with E-state index >= 15 is 0 Å². The van der Waals surface area contributed by atoms with E-state index in [-0.39, 0.29) is 34.7 Å². The number of ether oxygens (including phenoxy) is 1. The van der Waals surface area contributed by atoms with Crippen molar-refractivity contribution in [1.82, 2.24) is 0 Å². The van der Waals surface area contributed by atoms with Gasteiger partial charge in [-0.3, -0.25) is 0 Å². The predicted molar refractivity (Wildman–Crippen MR) is 65.8 cm³/mol. The molecule has 1 rings (SSSR count). The number of nitrogens with one attached hydrogen (secondary N) is 1. The number of nitriles is 1. The summed E-state index contributed by atoms with van der Waals surface area (Å²) in [6.45, 7) is 0. The van der Waals surface area contributed by atoms with E-state index in [4.69, 9.17) is 10.00 Å². The van der Waals surface area contributed by atoms with Crippen LogP contribution in [0.25, 0.3) is 0 Å². The van der Waals surface area contributed by atoms with E-state index in [1.807, 2.05) is 18.2 Å². The zero-order valence-corrected chi connectivity index (χ0v) is 8.45. The van der Waals surface area contributed by atoms with Crippen LogP contribution in [0.3, 0.4) is 0 Å². The Morgan fingerprint density at radius 2 is 2.20 bits per heavy atom. The van der Waals surface area contributed by atoms with E-state index in [9.17, 15) is 0 Å². The molecule has 15 heavy (non-hydrogen) atoms. The summed E-state index contributed by atoms with van der Waals surface area (Å²) in [5.74, 6) is 0.673. The summed E-state index contributed by atoms with van der Waals surface area (Å²) in [5, 5.41) is 11.3. The molecule has 0 aliphatic rings. The van der Waals surface area contributed by atoms with Crippen molar-refractivity contribution in [2.45, 2.75) is 0 Å². The Hall–Kier alpha value is -0.670. The van der Waals surface area contributed by atoms with Gasteiger partial charge in [0.1, 0.15) is 5.75 Å². The van der Waals surface area contributed by atoms with Gasteiger partial charge in [-0.15, -0.1) is 17.6 Å². The van der Waals surface area contributed by atoms with Gasteiger partial charge in [0.05, 0.1) is 12.8 Å². The van der Waals surface area contributed by atoms with Crippen LogP contribution in [0.5, 0.6) is 5.75 Å². The third-order valence-electron chi connectivity index (χ3n) is 1.51. The van der Waals surface area contributed by atoms with Crippen molar-refractivity contribution >= 4 is 53.0 Å². The number of methoxy groups -OCH3 is 1. The molecule has 0 atom stereocenters. The fourth-order valence-corrected chi connectivity index (χ4v) is 1.11. The molecule has 0 saturated heterocycles. The molecule has 1 aromatic carbocycles. The van der Waals surface area contributed by atoms with Crippen molar-refractivity contribution in [2.24, 2.45) is 4.99 Å². The number of aliphatic imine (C=N–C) groups is 1. The molecule has 1 N–H and O–H groups in total. The second-order valence-electron chi connectivity index (χ2n) is 2.36. The second kappa shape index (κ2) is 7.60. The fraction of sp³-hybridized carbons (Fsp3) is 0.111. The topological polar surface area (TPSA) is 57.4 Å². The van der Waals surface area contributed by atoms with Crippen molar-refractivity contribution in [2.75, 3.05) is 12.4 Å².